The van der Waals surface area contributed by atoms with E-state index in [1.54, 1.807) is 12.5 Å². The van der Waals surface area contributed by atoms with Gasteiger partial charge in [0, 0.05) is 32.4 Å². The standard InChI is InChI=1S/C22H24N4O2/c1-17(27)25-21(18-7-3-2-4-8-18)13-22(28)24-14-19-9-5-6-10-20(19)15-26-12-11-23-16-26/h2-12,16,21H,13-15H2,1H3,(H,24,28)(H,25,27)/t21-/m0/s1. The van der Waals surface area contributed by atoms with Crippen LogP contribution in [0.2, 0.25) is 0 Å². The molecular weight excluding hydrogens is 352 g/mol. The third-order valence-corrected chi connectivity index (χ3v) is 4.48. The van der Waals surface area contributed by atoms with Crippen molar-refractivity contribution in [1.29, 1.82) is 0 Å². The normalized spacial score (nSPS) is 11.6. The highest BCUT2D eigenvalue weighted by atomic mass is 16.2. The molecule has 6 heteroatoms. The highest BCUT2D eigenvalue weighted by Gasteiger charge is 2.17. The van der Waals surface area contributed by atoms with Crippen LogP contribution in [-0.4, -0.2) is 21.4 Å². The minimum Gasteiger partial charge on any atom is -0.352 e. The van der Waals surface area contributed by atoms with Gasteiger partial charge in [0.1, 0.15) is 0 Å². The second kappa shape index (κ2) is 9.50. The number of nitrogens with zero attached hydrogens (tertiary/aromatic N) is 2. The van der Waals surface area contributed by atoms with Crippen LogP contribution in [0.4, 0.5) is 0 Å². The molecule has 1 heterocycles. The van der Waals surface area contributed by atoms with E-state index in [1.807, 2.05) is 65.4 Å². The first-order chi connectivity index (χ1) is 13.6. The summed E-state index contributed by atoms with van der Waals surface area (Å²) < 4.78 is 1.99. The Bertz CT molecular complexity index is 907. The van der Waals surface area contributed by atoms with Crippen molar-refractivity contribution < 1.29 is 9.59 Å². The molecule has 0 bridgehead atoms. The Morgan fingerprint density at radius 1 is 1.04 bits per heavy atom. The van der Waals surface area contributed by atoms with Gasteiger partial charge >= 0.3 is 0 Å². The van der Waals surface area contributed by atoms with Crippen molar-refractivity contribution in [2.45, 2.75) is 32.5 Å². The predicted octanol–water partition coefficient (Wildman–Crippen LogP) is 2.82. The molecule has 0 saturated heterocycles. The number of hydrogen-bond acceptors (Lipinski definition) is 3. The molecule has 0 aliphatic carbocycles. The van der Waals surface area contributed by atoms with Crippen molar-refractivity contribution in [2.24, 2.45) is 0 Å². The summed E-state index contributed by atoms with van der Waals surface area (Å²) in [5.41, 5.74) is 3.09. The van der Waals surface area contributed by atoms with Crippen LogP contribution in [0.3, 0.4) is 0 Å². The molecule has 0 saturated carbocycles. The van der Waals surface area contributed by atoms with Crippen LogP contribution in [0.5, 0.6) is 0 Å². The number of aromatic nitrogens is 2. The fourth-order valence-corrected chi connectivity index (χ4v) is 3.10. The van der Waals surface area contributed by atoms with E-state index in [9.17, 15) is 9.59 Å². The van der Waals surface area contributed by atoms with Gasteiger partial charge in [0.05, 0.1) is 18.8 Å². The first-order valence-electron chi connectivity index (χ1n) is 9.23. The van der Waals surface area contributed by atoms with Gasteiger partial charge in [-0.2, -0.15) is 0 Å². The van der Waals surface area contributed by atoms with Gasteiger partial charge in [-0.05, 0) is 16.7 Å². The summed E-state index contributed by atoms with van der Waals surface area (Å²) in [4.78, 5) is 28.1. The second-order valence-corrected chi connectivity index (χ2v) is 6.65. The zero-order valence-corrected chi connectivity index (χ0v) is 15.8. The highest BCUT2D eigenvalue weighted by molar-refractivity contribution is 5.79. The second-order valence-electron chi connectivity index (χ2n) is 6.65. The molecule has 1 aromatic heterocycles. The molecule has 6 nitrogen and oxygen atoms in total. The van der Waals surface area contributed by atoms with Gasteiger partial charge in [0.15, 0.2) is 0 Å². The minimum atomic E-state index is -0.347. The van der Waals surface area contributed by atoms with Crippen molar-refractivity contribution >= 4 is 11.8 Å². The number of rotatable bonds is 8. The summed E-state index contributed by atoms with van der Waals surface area (Å²) in [5, 5.41) is 5.83. The smallest absolute Gasteiger partial charge is 0.222 e. The van der Waals surface area contributed by atoms with E-state index in [4.69, 9.17) is 0 Å². The van der Waals surface area contributed by atoms with E-state index in [0.717, 1.165) is 16.7 Å². The van der Waals surface area contributed by atoms with Gasteiger partial charge in [0.2, 0.25) is 11.8 Å². The number of carbonyl (C=O) groups is 2. The number of imidazole rings is 1. The topological polar surface area (TPSA) is 76.0 Å². The van der Waals surface area contributed by atoms with Gasteiger partial charge < -0.3 is 15.2 Å². The molecule has 0 radical (unpaired) electrons. The summed E-state index contributed by atoms with van der Waals surface area (Å²) in [7, 11) is 0. The first-order valence-corrected chi connectivity index (χ1v) is 9.23. The average molecular weight is 376 g/mol. The number of hydrogen-bond donors (Lipinski definition) is 2. The summed E-state index contributed by atoms with van der Waals surface area (Å²) in [5.74, 6) is -0.271. The van der Waals surface area contributed by atoms with Gasteiger partial charge in [-0.25, -0.2) is 4.98 Å². The van der Waals surface area contributed by atoms with E-state index >= 15 is 0 Å². The first kappa shape index (κ1) is 19.4. The number of benzene rings is 2. The van der Waals surface area contributed by atoms with Crippen molar-refractivity contribution in [3.63, 3.8) is 0 Å². The third kappa shape index (κ3) is 5.54. The molecule has 28 heavy (non-hydrogen) atoms. The molecule has 2 aromatic carbocycles. The van der Waals surface area contributed by atoms with Crippen molar-refractivity contribution in [3.05, 3.63) is 90.0 Å². The highest BCUT2D eigenvalue weighted by Crippen LogP contribution is 2.17. The van der Waals surface area contributed by atoms with Gasteiger partial charge in [-0.3, -0.25) is 9.59 Å². The number of amides is 2. The maximum absolute atomic E-state index is 12.5. The average Bonchev–Trinajstić information content (AvgIpc) is 3.20. The molecule has 2 amide bonds. The van der Waals surface area contributed by atoms with E-state index in [0.29, 0.717) is 13.1 Å². The van der Waals surface area contributed by atoms with Crippen LogP contribution in [0.1, 0.15) is 36.1 Å². The Kier molecular flexibility index (Phi) is 6.57. The van der Waals surface area contributed by atoms with E-state index in [1.165, 1.54) is 6.92 Å². The molecule has 0 fully saturated rings. The number of carbonyl (C=O) groups excluding carboxylic acids is 2. The fraction of sp³-hybridized carbons (Fsp3) is 0.227. The lowest BCUT2D eigenvalue weighted by Gasteiger charge is -2.18. The summed E-state index contributed by atoms with van der Waals surface area (Å²) >= 11 is 0. The Morgan fingerprint density at radius 3 is 2.43 bits per heavy atom. The quantitative estimate of drug-likeness (QED) is 0.635. The maximum atomic E-state index is 12.5. The lowest BCUT2D eigenvalue weighted by atomic mass is 10.0. The molecule has 0 unspecified atom stereocenters. The number of nitrogens with one attached hydrogen (secondary N) is 2. The van der Waals surface area contributed by atoms with Gasteiger partial charge in [-0.15, -0.1) is 0 Å². The monoisotopic (exact) mass is 376 g/mol. The Morgan fingerprint density at radius 2 is 1.75 bits per heavy atom. The van der Waals surface area contributed by atoms with Gasteiger partial charge in [-0.1, -0.05) is 54.6 Å². The lowest BCUT2D eigenvalue weighted by Crippen LogP contribution is -2.32. The Labute approximate surface area is 164 Å². The molecule has 144 valence electrons. The van der Waals surface area contributed by atoms with Crippen LogP contribution >= 0.6 is 0 Å². The predicted molar refractivity (Wildman–Crippen MR) is 107 cm³/mol. The maximum Gasteiger partial charge on any atom is 0.222 e. The summed E-state index contributed by atoms with van der Waals surface area (Å²) in [6, 6.07) is 17.2. The molecule has 1 atom stereocenters. The minimum absolute atomic E-state index is 0.111. The van der Waals surface area contributed by atoms with Crippen LogP contribution in [0.15, 0.2) is 73.3 Å². The Balaban J connectivity index is 1.62. The zero-order valence-electron chi connectivity index (χ0n) is 15.8. The molecule has 0 aliphatic heterocycles. The van der Waals surface area contributed by atoms with Crippen LogP contribution in [0, 0.1) is 0 Å². The van der Waals surface area contributed by atoms with Crippen LogP contribution in [0.25, 0.3) is 0 Å². The largest absolute Gasteiger partial charge is 0.352 e. The van der Waals surface area contributed by atoms with E-state index in [2.05, 4.69) is 15.6 Å². The van der Waals surface area contributed by atoms with Crippen molar-refractivity contribution in [2.75, 3.05) is 0 Å². The van der Waals surface area contributed by atoms with Crippen LogP contribution in [-0.2, 0) is 22.7 Å². The lowest BCUT2D eigenvalue weighted by molar-refractivity contribution is -0.122. The Hall–Kier alpha value is -3.41. The van der Waals surface area contributed by atoms with E-state index in [-0.39, 0.29) is 24.3 Å². The van der Waals surface area contributed by atoms with Crippen molar-refractivity contribution in [1.82, 2.24) is 20.2 Å². The molecule has 3 aromatic rings. The van der Waals surface area contributed by atoms with E-state index < -0.39 is 0 Å². The molecule has 2 N–H and O–H groups in total. The zero-order chi connectivity index (χ0) is 19.8. The summed E-state index contributed by atoms with van der Waals surface area (Å²) in [6.45, 7) is 2.59. The fourth-order valence-electron chi connectivity index (χ4n) is 3.10. The molecule has 3 rings (SSSR count). The van der Waals surface area contributed by atoms with Crippen molar-refractivity contribution in [3.8, 4) is 0 Å². The summed E-state index contributed by atoms with van der Waals surface area (Å²) in [6.07, 6.45) is 5.61. The molecule has 0 aliphatic rings. The molecular formula is C22H24N4O2. The third-order valence-electron chi connectivity index (χ3n) is 4.48. The van der Waals surface area contributed by atoms with Gasteiger partial charge in [0.25, 0.3) is 0 Å². The SMILES string of the molecule is CC(=O)N[C@@H](CC(=O)NCc1ccccc1Cn1ccnc1)c1ccccc1. The molecule has 0 spiro atoms. The van der Waals surface area contributed by atoms with Crippen LogP contribution < -0.4 is 10.6 Å².